The zero-order valence-corrected chi connectivity index (χ0v) is 14.0. The van der Waals surface area contributed by atoms with Crippen LogP contribution in [0.3, 0.4) is 0 Å². The zero-order chi connectivity index (χ0) is 19.0. The van der Waals surface area contributed by atoms with E-state index in [0.29, 0.717) is 0 Å². The number of rotatable bonds is 6. The molecule has 16 heteroatoms. The lowest BCUT2D eigenvalue weighted by atomic mass is 10.1. The van der Waals surface area contributed by atoms with Crippen LogP contribution in [0.1, 0.15) is 6.23 Å². The third-order valence-corrected chi connectivity index (χ3v) is 5.37. The fourth-order valence-corrected chi connectivity index (χ4v) is 3.80. The Bertz CT molecular complexity index is 833. The number of H-pyrrole nitrogens is 1. The molecule has 2 radical (unpaired) electrons. The van der Waals surface area contributed by atoms with Crippen molar-refractivity contribution < 1.29 is 42.7 Å². The summed E-state index contributed by atoms with van der Waals surface area (Å²) in [4.78, 5) is 41.8. The number of aliphatic hydroxyl groups is 2. The van der Waals surface area contributed by atoms with Crippen LogP contribution < -0.4 is 11.2 Å². The number of aliphatic hydroxyl groups excluding tert-OH is 2. The molecule has 5 N–H and O–H groups in total. The molecule has 0 aromatic carbocycles. The van der Waals surface area contributed by atoms with Gasteiger partial charge in [0.05, 0.1) is 6.61 Å². The van der Waals surface area contributed by atoms with Crippen molar-refractivity contribution in [1.82, 2.24) is 9.55 Å². The highest BCUT2D eigenvalue weighted by Gasteiger charge is 2.45. The molecule has 5 atom stereocenters. The van der Waals surface area contributed by atoms with Crippen LogP contribution in [0.5, 0.6) is 0 Å². The van der Waals surface area contributed by atoms with Crippen LogP contribution in [0, 0.1) is 0 Å². The van der Waals surface area contributed by atoms with Gasteiger partial charge in [-0.25, -0.2) is 13.7 Å². The molecule has 0 amide bonds. The van der Waals surface area contributed by atoms with E-state index in [1.165, 1.54) is 0 Å². The molecule has 0 spiro atoms. The van der Waals surface area contributed by atoms with Gasteiger partial charge in [-0.1, -0.05) is 0 Å². The molecule has 25 heavy (non-hydrogen) atoms. The Morgan fingerprint density at radius 3 is 2.48 bits per heavy atom. The molecule has 138 valence electrons. The first-order valence-electron chi connectivity index (χ1n) is 6.53. The predicted octanol–water partition coefficient (Wildman–Crippen LogP) is -2.44. The third kappa shape index (κ3) is 5.20. The Morgan fingerprint density at radius 1 is 1.28 bits per heavy atom. The van der Waals surface area contributed by atoms with Gasteiger partial charge in [0, 0.05) is 12.3 Å². The molecule has 2 heterocycles. The molecule has 0 aliphatic carbocycles. The van der Waals surface area contributed by atoms with Crippen molar-refractivity contribution in [2.24, 2.45) is 0 Å². The second-order valence-electron chi connectivity index (χ2n) is 4.97. The van der Waals surface area contributed by atoms with Gasteiger partial charge < -0.3 is 29.3 Å². The lowest BCUT2D eigenvalue weighted by Gasteiger charge is -2.19. The molecular weight excluding hydrogens is 385 g/mol. The molecule has 1 aromatic heterocycles. The largest absolute Gasteiger partial charge is 0.476 e. The van der Waals surface area contributed by atoms with E-state index < -0.39 is 57.7 Å². The summed E-state index contributed by atoms with van der Waals surface area (Å²) < 4.78 is 36.5. The number of aromatic nitrogens is 2. The second kappa shape index (κ2) is 7.27. The first-order chi connectivity index (χ1) is 11.4. The Hall–Kier alpha value is -1.08. The SMILES string of the molecule is [B]P(=O)(OC[C@H]1O[C@@H](n2ccc(=O)[nH]c2=O)C(O)C1O)OP(=O)(O)O. The van der Waals surface area contributed by atoms with E-state index in [2.05, 4.69) is 8.83 Å². The van der Waals surface area contributed by atoms with Gasteiger partial charge in [0.15, 0.2) is 6.23 Å². The van der Waals surface area contributed by atoms with Crippen molar-refractivity contribution in [3.05, 3.63) is 33.1 Å². The summed E-state index contributed by atoms with van der Waals surface area (Å²) in [5, 5.41) is 19.8. The van der Waals surface area contributed by atoms with E-state index in [1.54, 1.807) is 0 Å². The minimum atomic E-state index is -5.19. The van der Waals surface area contributed by atoms with Crippen molar-refractivity contribution in [1.29, 1.82) is 0 Å². The summed E-state index contributed by atoms with van der Waals surface area (Å²) >= 11 is 0. The maximum atomic E-state index is 11.7. The number of hydrogen-bond acceptors (Lipinski definition) is 9. The number of phosphoric acid groups is 1. The van der Waals surface area contributed by atoms with Crippen molar-refractivity contribution in [2.75, 3.05) is 6.61 Å². The Morgan fingerprint density at radius 2 is 1.92 bits per heavy atom. The maximum Gasteiger partial charge on any atom is 0.476 e. The highest BCUT2D eigenvalue weighted by atomic mass is 31.3. The van der Waals surface area contributed by atoms with Gasteiger partial charge in [-0.05, 0) is 0 Å². The van der Waals surface area contributed by atoms with Crippen molar-refractivity contribution in [3.63, 3.8) is 0 Å². The van der Waals surface area contributed by atoms with E-state index in [1.807, 2.05) is 4.98 Å². The van der Waals surface area contributed by atoms with E-state index in [9.17, 15) is 28.9 Å². The Kier molecular flexibility index (Phi) is 5.89. The number of nitrogens with one attached hydrogen (secondary N) is 1. The average Bonchev–Trinajstić information content (AvgIpc) is 2.71. The van der Waals surface area contributed by atoms with Gasteiger partial charge in [-0.2, -0.15) is 0 Å². The number of nitrogens with zero attached hydrogens (tertiary/aromatic N) is 1. The fourth-order valence-electron chi connectivity index (χ4n) is 2.07. The molecule has 1 aromatic rings. The lowest BCUT2D eigenvalue weighted by Crippen LogP contribution is -2.37. The topological polar surface area (TPSA) is 198 Å². The smallest absolute Gasteiger partial charge is 0.387 e. The Labute approximate surface area is 140 Å². The standard InChI is InChI=1S/C9H13BN2O11P2/c10-24(17,23-25(18,19)20)21-3-4-6(14)7(15)8(22-4)12-2-1-5(13)11-9(12)16/h1-2,4,6-8,14-15H,3H2,(H,11,13,16)(H2,18,19,20)/t4-,6?,7?,8-,24?/m1/s1. The van der Waals surface area contributed by atoms with E-state index in [-0.39, 0.29) is 0 Å². The average molecular weight is 398 g/mol. The van der Waals surface area contributed by atoms with E-state index in [0.717, 1.165) is 16.8 Å². The van der Waals surface area contributed by atoms with E-state index >= 15 is 0 Å². The molecule has 1 aliphatic rings. The molecular formula is C9H13BN2O11P2. The summed E-state index contributed by atoms with van der Waals surface area (Å²) in [6.45, 7) is -0.777. The van der Waals surface area contributed by atoms with Gasteiger partial charge in [0.2, 0.25) is 7.57 Å². The quantitative estimate of drug-likeness (QED) is 0.252. The second-order valence-corrected chi connectivity index (χ2v) is 7.94. The third-order valence-electron chi connectivity index (χ3n) is 3.10. The monoisotopic (exact) mass is 398 g/mol. The lowest BCUT2D eigenvalue weighted by molar-refractivity contribution is -0.0520. The number of ether oxygens (including phenoxy) is 1. The highest BCUT2D eigenvalue weighted by Crippen LogP contribution is 2.57. The molecule has 2 rings (SSSR count). The van der Waals surface area contributed by atoms with E-state index in [4.69, 9.17) is 22.1 Å². The van der Waals surface area contributed by atoms with Crippen LogP contribution in [0.4, 0.5) is 0 Å². The normalized spacial score (nSPS) is 29.4. The first-order valence-corrected chi connectivity index (χ1v) is 9.67. The number of hydrogen-bond donors (Lipinski definition) is 5. The molecule has 13 nitrogen and oxygen atoms in total. The molecule has 0 saturated carbocycles. The molecule has 3 unspecified atom stereocenters. The van der Waals surface area contributed by atoms with Gasteiger partial charge in [0.25, 0.3) is 13.0 Å². The molecule has 1 fully saturated rings. The van der Waals surface area contributed by atoms with Gasteiger partial charge in [0.1, 0.15) is 18.3 Å². The van der Waals surface area contributed by atoms with Crippen LogP contribution in [-0.2, 0) is 22.7 Å². The Balaban J connectivity index is 2.09. The molecule has 1 aliphatic heterocycles. The van der Waals surface area contributed by atoms with Crippen LogP contribution >= 0.6 is 15.3 Å². The minimum Gasteiger partial charge on any atom is -0.387 e. The predicted molar refractivity (Wildman–Crippen MR) is 79.7 cm³/mol. The summed E-state index contributed by atoms with van der Waals surface area (Å²) in [7, 11) is -4.89. The van der Waals surface area contributed by atoms with Crippen molar-refractivity contribution in [3.8, 4) is 0 Å². The highest BCUT2D eigenvalue weighted by molar-refractivity contribution is 7.83. The first kappa shape index (κ1) is 20.2. The van der Waals surface area contributed by atoms with Gasteiger partial charge in [-0.3, -0.25) is 18.9 Å². The van der Waals surface area contributed by atoms with Crippen LogP contribution in [0.15, 0.2) is 21.9 Å². The summed E-state index contributed by atoms with van der Waals surface area (Å²) in [6.07, 6.45) is -5.00. The van der Waals surface area contributed by atoms with Crippen LogP contribution in [0.2, 0.25) is 0 Å². The summed E-state index contributed by atoms with van der Waals surface area (Å²) in [5.41, 5.74) is -1.60. The van der Waals surface area contributed by atoms with Crippen molar-refractivity contribution >= 4 is 22.9 Å². The van der Waals surface area contributed by atoms with Gasteiger partial charge >= 0.3 is 13.5 Å². The van der Waals surface area contributed by atoms with Crippen molar-refractivity contribution in [2.45, 2.75) is 24.5 Å². The van der Waals surface area contributed by atoms with Crippen LogP contribution in [-0.4, -0.2) is 62.0 Å². The maximum absolute atomic E-state index is 11.7. The summed E-state index contributed by atoms with van der Waals surface area (Å²) in [5.74, 6) is 0. The minimum absolute atomic E-state index is 0.687. The summed E-state index contributed by atoms with van der Waals surface area (Å²) in [6, 6.07) is 0.982. The fraction of sp³-hybridized carbons (Fsp3) is 0.556. The zero-order valence-electron chi connectivity index (χ0n) is 12.2. The number of aromatic amines is 1. The van der Waals surface area contributed by atoms with Gasteiger partial charge in [-0.15, -0.1) is 0 Å². The van der Waals surface area contributed by atoms with Crippen LogP contribution in [0.25, 0.3) is 0 Å². The molecule has 0 bridgehead atoms. The molecule has 1 saturated heterocycles.